The lowest BCUT2D eigenvalue weighted by atomic mass is 9.99. The average Bonchev–Trinajstić information content (AvgIpc) is 3.60. The smallest absolute Gasteiger partial charge is 0.265 e. The lowest BCUT2D eigenvalue weighted by molar-refractivity contribution is 0.0992. The fraction of sp³-hybridized carbons (Fsp3) is 0.259. The molecular weight excluding hydrogens is 428 g/mol. The summed E-state index contributed by atoms with van der Waals surface area (Å²) in [5.74, 6) is 0.0801. The number of aliphatic hydroxyl groups excluding tert-OH is 1. The standard InChI is InChI=1S/C27H28N4O3/c1-29-13-20-11-18-10-17(16-6-7-16)8-9-22(18)27(34)31(20)24-5-3-4-21(23(24)15-32)19-12-25(26(28)33)30(2)14-19/h3-5,8-12,14,16,29,32H,6-7,13,15H2,1-2H3,(H2,28,33). The Kier molecular flexibility index (Phi) is 5.59. The quantitative estimate of drug-likeness (QED) is 0.397. The molecule has 2 heterocycles. The predicted octanol–water partition coefficient (Wildman–Crippen LogP) is 3.18. The van der Waals surface area contributed by atoms with E-state index in [9.17, 15) is 14.7 Å². The molecule has 1 aliphatic rings. The molecule has 2 aromatic carbocycles. The summed E-state index contributed by atoms with van der Waals surface area (Å²) in [6.07, 6.45) is 4.21. The fourth-order valence-corrected chi connectivity index (χ4v) is 4.81. The number of hydrogen-bond donors (Lipinski definition) is 3. The number of carbonyl (C=O) groups is 1. The SMILES string of the molecule is CNCc1cc2cc(C3CC3)ccc2c(=O)n1-c1cccc(-c2cc(C(N)=O)n(C)c2)c1CO. The molecule has 4 N–H and O–H groups in total. The molecule has 1 saturated carbocycles. The van der Waals surface area contributed by atoms with E-state index in [1.807, 2.05) is 31.3 Å². The van der Waals surface area contributed by atoms with Crippen molar-refractivity contribution < 1.29 is 9.90 Å². The summed E-state index contributed by atoms with van der Waals surface area (Å²) < 4.78 is 3.35. The molecular formula is C27H28N4O3. The van der Waals surface area contributed by atoms with Gasteiger partial charge in [0.15, 0.2) is 0 Å². The van der Waals surface area contributed by atoms with Crippen LogP contribution in [0.3, 0.4) is 0 Å². The van der Waals surface area contributed by atoms with Gasteiger partial charge in [-0.2, -0.15) is 0 Å². The van der Waals surface area contributed by atoms with E-state index in [-0.39, 0.29) is 12.2 Å². The van der Waals surface area contributed by atoms with Crippen LogP contribution in [-0.2, 0) is 20.2 Å². The van der Waals surface area contributed by atoms with Crippen molar-refractivity contribution in [2.75, 3.05) is 7.05 Å². The monoisotopic (exact) mass is 456 g/mol. The number of aryl methyl sites for hydroxylation is 1. The van der Waals surface area contributed by atoms with Crippen LogP contribution in [0.5, 0.6) is 0 Å². The molecule has 0 atom stereocenters. The van der Waals surface area contributed by atoms with E-state index in [1.165, 1.54) is 18.4 Å². The van der Waals surface area contributed by atoms with Crippen molar-refractivity contribution in [3.63, 3.8) is 0 Å². The minimum atomic E-state index is -0.525. The van der Waals surface area contributed by atoms with Gasteiger partial charge >= 0.3 is 0 Å². The maximum Gasteiger partial charge on any atom is 0.265 e. The summed E-state index contributed by atoms with van der Waals surface area (Å²) in [6, 6.07) is 15.5. The highest BCUT2D eigenvalue weighted by atomic mass is 16.3. The zero-order valence-corrected chi connectivity index (χ0v) is 19.3. The molecule has 0 saturated heterocycles. The second-order valence-electron chi connectivity index (χ2n) is 8.98. The molecule has 0 radical (unpaired) electrons. The third kappa shape index (κ3) is 3.73. The number of carbonyl (C=O) groups excluding carboxylic acids is 1. The second kappa shape index (κ2) is 8.59. The topological polar surface area (TPSA) is 102 Å². The Bertz CT molecular complexity index is 1480. The zero-order chi connectivity index (χ0) is 24.0. The van der Waals surface area contributed by atoms with Gasteiger partial charge in [0.25, 0.3) is 11.5 Å². The first kappa shape index (κ1) is 22.1. The van der Waals surface area contributed by atoms with Crippen LogP contribution in [0.2, 0.25) is 0 Å². The Morgan fingerprint density at radius 1 is 1.18 bits per heavy atom. The third-order valence-electron chi connectivity index (χ3n) is 6.64. The van der Waals surface area contributed by atoms with Crippen molar-refractivity contribution in [1.82, 2.24) is 14.5 Å². The van der Waals surface area contributed by atoms with E-state index in [0.29, 0.717) is 34.8 Å². The van der Waals surface area contributed by atoms with Gasteiger partial charge < -0.3 is 20.7 Å². The second-order valence-corrected chi connectivity index (χ2v) is 8.98. The van der Waals surface area contributed by atoms with Gasteiger partial charge in [-0.25, -0.2) is 0 Å². The van der Waals surface area contributed by atoms with Crippen molar-refractivity contribution in [2.24, 2.45) is 12.8 Å². The van der Waals surface area contributed by atoms with Gasteiger partial charge in [-0.05, 0) is 66.6 Å². The number of benzene rings is 2. The van der Waals surface area contributed by atoms with Gasteiger partial charge in [-0.3, -0.25) is 14.2 Å². The van der Waals surface area contributed by atoms with Crippen LogP contribution < -0.4 is 16.6 Å². The fourth-order valence-electron chi connectivity index (χ4n) is 4.81. The third-order valence-corrected chi connectivity index (χ3v) is 6.64. The molecule has 2 aromatic heterocycles. The molecule has 174 valence electrons. The van der Waals surface area contributed by atoms with Gasteiger partial charge in [0.2, 0.25) is 0 Å². The Morgan fingerprint density at radius 2 is 1.97 bits per heavy atom. The van der Waals surface area contributed by atoms with E-state index < -0.39 is 5.91 Å². The number of primary amides is 1. The van der Waals surface area contributed by atoms with Crippen LogP contribution >= 0.6 is 0 Å². The lowest BCUT2D eigenvalue weighted by Crippen LogP contribution is -2.26. The predicted molar refractivity (Wildman–Crippen MR) is 133 cm³/mol. The molecule has 1 aliphatic carbocycles. The van der Waals surface area contributed by atoms with E-state index in [0.717, 1.165) is 22.2 Å². The number of nitrogens with two attached hydrogens (primary N) is 1. The highest BCUT2D eigenvalue weighted by Gasteiger charge is 2.24. The molecule has 7 nitrogen and oxygen atoms in total. The number of hydrogen-bond acceptors (Lipinski definition) is 4. The van der Waals surface area contributed by atoms with Gasteiger partial charge in [-0.15, -0.1) is 0 Å². The van der Waals surface area contributed by atoms with Crippen LogP contribution in [0, 0.1) is 0 Å². The van der Waals surface area contributed by atoms with E-state index >= 15 is 0 Å². The number of amides is 1. The average molecular weight is 457 g/mol. The first-order valence-electron chi connectivity index (χ1n) is 11.5. The number of fused-ring (bicyclic) bond motifs is 1. The largest absolute Gasteiger partial charge is 0.392 e. The molecule has 34 heavy (non-hydrogen) atoms. The molecule has 0 aliphatic heterocycles. The first-order chi connectivity index (χ1) is 16.4. The lowest BCUT2D eigenvalue weighted by Gasteiger charge is -2.19. The maximum absolute atomic E-state index is 13.8. The Morgan fingerprint density at radius 3 is 2.62 bits per heavy atom. The zero-order valence-electron chi connectivity index (χ0n) is 19.3. The van der Waals surface area contributed by atoms with Gasteiger partial charge in [-0.1, -0.05) is 24.3 Å². The van der Waals surface area contributed by atoms with Gasteiger partial charge in [0, 0.05) is 42.0 Å². The number of nitrogens with zero attached hydrogens (tertiary/aromatic N) is 2. The summed E-state index contributed by atoms with van der Waals surface area (Å²) in [4.78, 5) is 25.5. The van der Waals surface area contributed by atoms with Crippen LogP contribution in [-0.4, -0.2) is 27.2 Å². The van der Waals surface area contributed by atoms with Gasteiger partial charge in [0.1, 0.15) is 5.69 Å². The van der Waals surface area contributed by atoms with Crippen LogP contribution in [0.25, 0.3) is 27.6 Å². The molecule has 0 spiro atoms. The molecule has 1 amide bonds. The van der Waals surface area contributed by atoms with Crippen molar-refractivity contribution in [1.29, 1.82) is 0 Å². The highest BCUT2D eigenvalue weighted by Crippen LogP contribution is 2.40. The first-order valence-corrected chi connectivity index (χ1v) is 11.5. The Labute approximate surface area is 197 Å². The van der Waals surface area contributed by atoms with Crippen LogP contribution in [0.4, 0.5) is 0 Å². The Hall–Kier alpha value is -3.68. The molecule has 0 bridgehead atoms. The maximum atomic E-state index is 13.8. The molecule has 0 unspecified atom stereocenters. The highest BCUT2D eigenvalue weighted by molar-refractivity contribution is 5.93. The number of aliphatic hydroxyl groups is 1. The van der Waals surface area contributed by atoms with Crippen molar-refractivity contribution in [2.45, 2.75) is 31.9 Å². The summed E-state index contributed by atoms with van der Waals surface area (Å²) in [5, 5.41) is 15.2. The molecule has 1 fully saturated rings. The summed E-state index contributed by atoms with van der Waals surface area (Å²) in [7, 11) is 3.60. The Balaban J connectivity index is 1.74. The van der Waals surface area contributed by atoms with Gasteiger partial charge in [0.05, 0.1) is 12.3 Å². The molecule has 5 rings (SSSR count). The summed E-state index contributed by atoms with van der Waals surface area (Å²) >= 11 is 0. The molecule has 4 aromatic rings. The molecule has 7 heteroatoms. The van der Waals surface area contributed by atoms with Crippen LogP contribution in [0.1, 0.15) is 46.1 Å². The summed E-state index contributed by atoms with van der Waals surface area (Å²) in [6.45, 7) is 0.224. The number of nitrogens with one attached hydrogen (secondary N) is 1. The summed E-state index contributed by atoms with van der Waals surface area (Å²) in [5.41, 5.74) is 10.6. The van der Waals surface area contributed by atoms with Crippen molar-refractivity contribution in [3.05, 3.63) is 87.6 Å². The minimum absolute atomic E-state index is 0.122. The van der Waals surface area contributed by atoms with E-state index in [2.05, 4.69) is 23.5 Å². The van der Waals surface area contributed by atoms with E-state index in [1.54, 1.807) is 28.4 Å². The number of rotatable bonds is 7. The van der Waals surface area contributed by atoms with Crippen LogP contribution in [0.15, 0.2) is 59.5 Å². The normalized spacial score (nSPS) is 13.5. The number of aromatic nitrogens is 2. The van der Waals surface area contributed by atoms with Crippen molar-refractivity contribution >= 4 is 16.7 Å². The van der Waals surface area contributed by atoms with Crippen molar-refractivity contribution in [3.8, 4) is 16.8 Å². The minimum Gasteiger partial charge on any atom is -0.392 e. The number of pyridine rings is 1. The van der Waals surface area contributed by atoms with E-state index in [4.69, 9.17) is 5.73 Å².